The number of aromatic carboxylic acids is 1. The van der Waals surface area contributed by atoms with Gasteiger partial charge in [-0.15, -0.1) is 0 Å². The Bertz CT molecular complexity index is 1750. The fraction of sp³-hybridized carbons (Fsp3) is 0.156. The third-order valence-corrected chi connectivity index (χ3v) is 6.69. The highest BCUT2D eigenvalue weighted by Gasteiger charge is 2.24. The minimum Gasteiger partial charge on any atom is -0.545 e. The molecule has 7 nitrogen and oxygen atoms in total. The van der Waals surface area contributed by atoms with Crippen molar-refractivity contribution < 1.29 is 23.8 Å². The van der Waals surface area contributed by atoms with Crippen molar-refractivity contribution in [3.05, 3.63) is 107 Å². The highest BCUT2D eigenvalue weighted by molar-refractivity contribution is 6.12. The SMILES string of the molecule is CN(C)c1ccc2c(-c3cccc(C(=O)OCc4ccccc4)c3C(=O)[O-])c3ccc(=[N+](C)C)cc-3oc2c1. The topological polar surface area (TPSA) is 85.8 Å². The number of anilines is 1. The molecule has 3 aromatic carbocycles. The van der Waals surface area contributed by atoms with Crippen molar-refractivity contribution in [1.29, 1.82) is 0 Å². The van der Waals surface area contributed by atoms with E-state index in [2.05, 4.69) is 0 Å². The van der Waals surface area contributed by atoms with E-state index >= 15 is 0 Å². The van der Waals surface area contributed by atoms with Crippen LogP contribution in [-0.4, -0.2) is 40.1 Å². The third-order valence-electron chi connectivity index (χ3n) is 6.69. The van der Waals surface area contributed by atoms with Gasteiger partial charge in [0.1, 0.15) is 32.0 Å². The Balaban J connectivity index is 1.75. The van der Waals surface area contributed by atoms with E-state index < -0.39 is 11.9 Å². The molecular weight excluding hydrogens is 492 g/mol. The average Bonchev–Trinajstić information content (AvgIpc) is 2.93. The van der Waals surface area contributed by atoms with Crippen molar-refractivity contribution in [2.75, 3.05) is 33.1 Å². The second-order valence-corrected chi connectivity index (χ2v) is 9.70. The number of hydrogen-bond donors (Lipinski definition) is 0. The van der Waals surface area contributed by atoms with Crippen LogP contribution in [0.1, 0.15) is 26.3 Å². The third kappa shape index (κ3) is 4.99. The van der Waals surface area contributed by atoms with Crippen LogP contribution in [0.25, 0.3) is 33.4 Å². The van der Waals surface area contributed by atoms with Crippen LogP contribution in [0, 0.1) is 0 Å². The second-order valence-electron chi connectivity index (χ2n) is 9.70. The van der Waals surface area contributed by atoms with Crippen LogP contribution in [0.4, 0.5) is 5.69 Å². The van der Waals surface area contributed by atoms with Crippen molar-refractivity contribution in [1.82, 2.24) is 4.58 Å². The molecule has 0 N–H and O–H groups in total. The van der Waals surface area contributed by atoms with Crippen molar-refractivity contribution >= 4 is 28.6 Å². The zero-order chi connectivity index (χ0) is 27.7. The number of carbonyl (C=O) groups excluding carboxylic acids is 2. The van der Waals surface area contributed by atoms with E-state index in [0.717, 1.165) is 16.6 Å². The number of ether oxygens (including phenoxy) is 1. The first-order chi connectivity index (χ1) is 18.7. The van der Waals surface area contributed by atoms with Crippen LogP contribution >= 0.6 is 0 Å². The Hall–Kier alpha value is -4.91. The summed E-state index contributed by atoms with van der Waals surface area (Å²) in [5, 5.41) is 14.2. The number of rotatable bonds is 6. The first-order valence-electron chi connectivity index (χ1n) is 12.5. The van der Waals surface area contributed by atoms with Crippen LogP contribution in [0.3, 0.4) is 0 Å². The average molecular weight is 521 g/mol. The molecule has 0 spiro atoms. The molecule has 3 aromatic rings. The highest BCUT2D eigenvalue weighted by atomic mass is 16.5. The van der Waals surface area contributed by atoms with Crippen LogP contribution in [0.5, 0.6) is 0 Å². The maximum absolute atomic E-state index is 13.2. The first kappa shape index (κ1) is 25.7. The summed E-state index contributed by atoms with van der Waals surface area (Å²) < 4.78 is 13.8. The van der Waals surface area contributed by atoms with E-state index in [1.54, 1.807) is 12.1 Å². The van der Waals surface area contributed by atoms with Crippen molar-refractivity contribution in [2.45, 2.75) is 6.61 Å². The first-order valence-corrected chi connectivity index (χ1v) is 12.5. The monoisotopic (exact) mass is 520 g/mol. The van der Waals surface area contributed by atoms with E-state index in [0.29, 0.717) is 33.4 Å². The molecule has 0 fully saturated rings. The van der Waals surface area contributed by atoms with Gasteiger partial charge in [-0.2, -0.15) is 0 Å². The summed E-state index contributed by atoms with van der Waals surface area (Å²) >= 11 is 0. The molecule has 5 rings (SSSR count). The Morgan fingerprint density at radius 1 is 0.897 bits per heavy atom. The molecule has 196 valence electrons. The predicted octanol–water partition coefficient (Wildman–Crippen LogP) is 4.02. The highest BCUT2D eigenvalue weighted by Crippen LogP contribution is 2.42. The standard InChI is InChI=1S/C32H28N2O5/c1-33(2)21-13-15-23-27(17-21)39-28-18-22(34(3)4)14-16-24(28)29(23)25-11-8-12-26(30(25)31(35)36)32(37)38-19-20-9-6-5-7-10-20/h5-18H,19H2,1-4H3. The Morgan fingerprint density at radius 3 is 2.36 bits per heavy atom. The van der Waals surface area contributed by atoms with E-state index in [1.165, 1.54) is 6.07 Å². The summed E-state index contributed by atoms with van der Waals surface area (Å²) in [4.78, 5) is 27.7. The molecule has 1 heterocycles. The normalized spacial score (nSPS) is 11.0. The van der Waals surface area contributed by atoms with Crippen molar-refractivity contribution in [2.24, 2.45) is 0 Å². The van der Waals surface area contributed by atoms with E-state index in [1.807, 2.05) is 104 Å². The fourth-order valence-corrected chi connectivity index (χ4v) is 4.67. The van der Waals surface area contributed by atoms with Gasteiger partial charge in [0.15, 0.2) is 0 Å². The van der Waals surface area contributed by atoms with E-state index in [9.17, 15) is 14.7 Å². The maximum atomic E-state index is 13.2. The Labute approximate surface area is 226 Å². The van der Waals surface area contributed by atoms with Crippen molar-refractivity contribution in [3.63, 3.8) is 0 Å². The molecule has 0 atom stereocenters. The summed E-state index contributed by atoms with van der Waals surface area (Å²) in [7, 11) is 7.75. The summed E-state index contributed by atoms with van der Waals surface area (Å²) in [6.45, 7) is 0.0209. The number of carboxylic acid groups (broad SMARTS) is 1. The van der Waals surface area contributed by atoms with Crippen LogP contribution in [-0.2, 0) is 11.3 Å². The van der Waals surface area contributed by atoms with Gasteiger partial charge in [-0.05, 0) is 35.4 Å². The van der Waals surface area contributed by atoms with Gasteiger partial charge in [-0.25, -0.2) is 9.37 Å². The summed E-state index contributed by atoms with van der Waals surface area (Å²) in [5.41, 5.74) is 3.72. The molecule has 1 aliphatic heterocycles. The Morgan fingerprint density at radius 2 is 1.67 bits per heavy atom. The molecule has 0 saturated heterocycles. The molecule has 0 unspecified atom stereocenters. The second kappa shape index (κ2) is 10.5. The smallest absolute Gasteiger partial charge is 0.339 e. The lowest BCUT2D eigenvalue weighted by Gasteiger charge is -2.21. The number of benzene rings is 4. The number of esters is 1. The molecule has 0 bridgehead atoms. The zero-order valence-electron chi connectivity index (χ0n) is 22.2. The van der Waals surface area contributed by atoms with Crippen LogP contribution in [0.2, 0.25) is 0 Å². The molecule has 0 saturated carbocycles. The van der Waals surface area contributed by atoms with Crippen molar-refractivity contribution in [3.8, 4) is 22.5 Å². The molecule has 7 heteroatoms. The maximum Gasteiger partial charge on any atom is 0.339 e. The summed E-state index contributed by atoms with van der Waals surface area (Å²) in [6, 6.07) is 25.5. The molecule has 0 radical (unpaired) electrons. The van der Waals surface area contributed by atoms with E-state index in [-0.39, 0.29) is 17.7 Å². The fourth-order valence-electron chi connectivity index (χ4n) is 4.67. The lowest BCUT2D eigenvalue weighted by Crippen LogP contribution is -2.26. The number of carbonyl (C=O) groups is 2. The van der Waals surface area contributed by atoms with Gasteiger partial charge in [0.05, 0.1) is 17.6 Å². The molecular formula is C32H28N2O5. The van der Waals surface area contributed by atoms with Gasteiger partial charge < -0.3 is 24.0 Å². The largest absolute Gasteiger partial charge is 0.545 e. The zero-order valence-corrected chi connectivity index (χ0v) is 22.2. The lowest BCUT2D eigenvalue weighted by atomic mass is 9.88. The molecule has 0 aromatic heterocycles. The van der Waals surface area contributed by atoms with Gasteiger partial charge in [0.2, 0.25) is 5.36 Å². The molecule has 0 amide bonds. The lowest BCUT2D eigenvalue weighted by molar-refractivity contribution is -0.255. The van der Waals surface area contributed by atoms with Gasteiger partial charge >= 0.3 is 5.97 Å². The van der Waals surface area contributed by atoms with Gasteiger partial charge in [0.25, 0.3) is 0 Å². The quantitative estimate of drug-likeness (QED) is 0.191. The summed E-state index contributed by atoms with van der Waals surface area (Å²) in [5.74, 6) is -1.62. The Kier molecular flexibility index (Phi) is 6.90. The minimum absolute atomic E-state index is 0.0209. The van der Waals surface area contributed by atoms with Crippen LogP contribution < -0.4 is 19.9 Å². The van der Waals surface area contributed by atoms with Crippen LogP contribution in [0.15, 0.2) is 89.3 Å². The predicted molar refractivity (Wildman–Crippen MR) is 150 cm³/mol. The van der Waals surface area contributed by atoms with Gasteiger partial charge in [-0.1, -0.05) is 42.5 Å². The number of nitrogens with zero attached hydrogens (tertiary/aromatic N) is 2. The number of fused-ring (bicyclic) bond motifs is 2. The summed E-state index contributed by atoms with van der Waals surface area (Å²) in [6.07, 6.45) is 0. The number of carboxylic acids is 1. The minimum atomic E-state index is -1.46. The van der Waals surface area contributed by atoms with E-state index in [4.69, 9.17) is 9.15 Å². The molecule has 1 aliphatic carbocycles. The van der Waals surface area contributed by atoms with Gasteiger partial charge in [0, 0.05) is 54.0 Å². The number of hydrogen-bond acceptors (Lipinski definition) is 6. The molecule has 2 aliphatic rings. The van der Waals surface area contributed by atoms with Gasteiger partial charge in [-0.3, -0.25) is 0 Å². The molecule has 39 heavy (non-hydrogen) atoms.